The molecule has 0 saturated heterocycles. The molecule has 1 aromatic carbocycles. The van der Waals surface area contributed by atoms with Crippen LogP contribution < -0.4 is 5.32 Å². The lowest BCUT2D eigenvalue weighted by molar-refractivity contribution is -0.139. The number of hydrogen-bond donors (Lipinski definition) is 3. The van der Waals surface area contributed by atoms with Crippen molar-refractivity contribution in [3.05, 3.63) is 59.9 Å². The van der Waals surface area contributed by atoms with Crippen LogP contribution in [0.5, 0.6) is 0 Å². The van der Waals surface area contributed by atoms with E-state index in [0.717, 1.165) is 18.2 Å². The van der Waals surface area contributed by atoms with Crippen LogP contribution in [-0.2, 0) is 19.1 Å². The van der Waals surface area contributed by atoms with Crippen molar-refractivity contribution in [2.45, 2.75) is 18.1 Å². The summed E-state index contributed by atoms with van der Waals surface area (Å²) in [7, 11) is 1.18. The minimum absolute atomic E-state index is 0.0457. The number of esters is 1. The molecule has 2 atom stereocenters. The van der Waals surface area contributed by atoms with E-state index in [1.165, 1.54) is 13.2 Å². The molecular weight excluding hydrogens is 362 g/mol. The number of carbonyl (C=O) groups is 2. The van der Waals surface area contributed by atoms with Gasteiger partial charge in [0.25, 0.3) is 5.91 Å². The van der Waals surface area contributed by atoms with Gasteiger partial charge in [-0.25, -0.2) is 13.6 Å². The van der Waals surface area contributed by atoms with E-state index < -0.39 is 41.6 Å². The van der Waals surface area contributed by atoms with E-state index in [-0.39, 0.29) is 23.6 Å². The summed E-state index contributed by atoms with van der Waals surface area (Å²) in [6.45, 7) is 3.34. The molecule has 1 aromatic rings. The van der Waals surface area contributed by atoms with Gasteiger partial charge >= 0.3 is 5.97 Å². The van der Waals surface area contributed by atoms with Crippen LogP contribution in [0.1, 0.15) is 12.0 Å². The molecule has 0 spiro atoms. The number of amides is 1. The molecule has 7 nitrogen and oxygen atoms in total. The largest absolute Gasteiger partial charge is 0.484 e. The summed E-state index contributed by atoms with van der Waals surface area (Å²) in [6.07, 6.45) is 1.68. The summed E-state index contributed by atoms with van der Waals surface area (Å²) in [6, 6.07) is 1.78. The maximum Gasteiger partial charge on any atom is 0.373 e. The number of hydrogen-bond acceptors (Lipinski definition) is 6. The molecule has 0 unspecified atom stereocenters. The molecule has 144 valence electrons. The number of benzene rings is 1. The van der Waals surface area contributed by atoms with Crippen LogP contribution in [0, 0.1) is 17.0 Å². The summed E-state index contributed by atoms with van der Waals surface area (Å²) < 4.78 is 36.2. The first-order chi connectivity index (χ1) is 12.7. The van der Waals surface area contributed by atoms with Crippen LogP contribution in [0.25, 0.3) is 0 Å². The van der Waals surface area contributed by atoms with Crippen molar-refractivity contribution in [1.82, 2.24) is 5.32 Å². The number of carbonyl (C=O) groups excluding carboxylic acids is 2. The van der Waals surface area contributed by atoms with Crippen molar-refractivity contribution in [3.8, 4) is 0 Å². The maximum absolute atomic E-state index is 13.3. The van der Waals surface area contributed by atoms with Gasteiger partial charge in [-0.05, 0) is 18.2 Å². The van der Waals surface area contributed by atoms with E-state index in [0.29, 0.717) is 6.07 Å². The highest BCUT2D eigenvalue weighted by Gasteiger charge is 2.36. The fourth-order valence-electron chi connectivity index (χ4n) is 2.41. The quantitative estimate of drug-likeness (QED) is 0.374. The molecule has 27 heavy (non-hydrogen) atoms. The average molecular weight is 380 g/mol. The van der Waals surface area contributed by atoms with Crippen LogP contribution in [0.4, 0.5) is 8.78 Å². The number of nitrogens with one attached hydrogen (secondary N) is 2. The highest BCUT2D eigenvalue weighted by molar-refractivity contribution is 6.03. The van der Waals surface area contributed by atoms with Crippen LogP contribution in [0.15, 0.2) is 42.7 Å². The lowest BCUT2D eigenvalue weighted by atomic mass is 9.92. The second kappa shape index (κ2) is 8.09. The molecule has 0 radical (unpaired) electrons. The van der Waals surface area contributed by atoms with Crippen molar-refractivity contribution in [1.29, 1.82) is 5.41 Å². The lowest BCUT2D eigenvalue weighted by Crippen LogP contribution is -2.50. The molecular formula is C18H18F2N2O5. The molecule has 1 aliphatic heterocycles. The summed E-state index contributed by atoms with van der Waals surface area (Å²) in [4.78, 5) is 23.8. The Balaban J connectivity index is 2.10. The van der Waals surface area contributed by atoms with E-state index in [1.54, 1.807) is 0 Å². The van der Waals surface area contributed by atoms with Crippen molar-refractivity contribution in [3.63, 3.8) is 0 Å². The predicted molar refractivity (Wildman–Crippen MR) is 90.9 cm³/mol. The van der Waals surface area contributed by atoms with E-state index in [9.17, 15) is 23.5 Å². The van der Waals surface area contributed by atoms with Gasteiger partial charge in [0.15, 0.2) is 5.60 Å². The summed E-state index contributed by atoms with van der Waals surface area (Å²) in [5, 5.41) is 20.9. The van der Waals surface area contributed by atoms with Crippen molar-refractivity contribution in [2.75, 3.05) is 13.7 Å². The third kappa shape index (κ3) is 4.76. The van der Waals surface area contributed by atoms with Gasteiger partial charge in [-0.1, -0.05) is 12.7 Å². The summed E-state index contributed by atoms with van der Waals surface area (Å²) >= 11 is 0. The zero-order valence-electron chi connectivity index (χ0n) is 14.4. The van der Waals surface area contributed by atoms with Crippen molar-refractivity contribution < 1.29 is 33.0 Å². The normalized spacial score (nSPS) is 17.9. The van der Waals surface area contributed by atoms with Crippen LogP contribution >= 0.6 is 0 Å². The SMILES string of the molecule is C=C[C@@](O)(CC(=N)c1cc(F)cc(F)c1)C(=O)N[C@@H]1C=C(C(=O)OC)OC1. The number of rotatable bonds is 7. The zero-order chi connectivity index (χ0) is 20.2. The van der Waals surface area contributed by atoms with Crippen LogP contribution in [-0.4, -0.2) is 48.1 Å². The van der Waals surface area contributed by atoms with Gasteiger partial charge in [0.1, 0.15) is 18.2 Å². The maximum atomic E-state index is 13.3. The number of halogens is 2. The fraction of sp³-hybridized carbons (Fsp3) is 0.278. The smallest absolute Gasteiger partial charge is 0.373 e. The Morgan fingerprint density at radius 3 is 2.63 bits per heavy atom. The molecule has 0 aliphatic carbocycles. The average Bonchev–Trinajstić information content (AvgIpc) is 3.08. The summed E-state index contributed by atoms with van der Waals surface area (Å²) in [5.74, 6) is -3.46. The Bertz CT molecular complexity index is 804. The Labute approximate surface area is 153 Å². The van der Waals surface area contributed by atoms with E-state index in [2.05, 4.69) is 16.6 Å². The minimum Gasteiger partial charge on any atom is -0.484 e. The Morgan fingerprint density at radius 2 is 2.07 bits per heavy atom. The highest BCUT2D eigenvalue weighted by atomic mass is 19.1. The third-order valence-electron chi connectivity index (χ3n) is 3.86. The monoisotopic (exact) mass is 380 g/mol. The van der Waals surface area contributed by atoms with E-state index in [1.807, 2.05) is 0 Å². The Morgan fingerprint density at radius 1 is 1.44 bits per heavy atom. The third-order valence-corrected chi connectivity index (χ3v) is 3.86. The molecule has 1 amide bonds. The first kappa shape index (κ1) is 20.2. The van der Waals surface area contributed by atoms with Crippen LogP contribution in [0.3, 0.4) is 0 Å². The highest BCUT2D eigenvalue weighted by Crippen LogP contribution is 2.20. The number of aliphatic hydroxyl groups is 1. The predicted octanol–water partition coefficient (Wildman–Crippen LogP) is 1.21. The van der Waals surface area contributed by atoms with Gasteiger partial charge < -0.3 is 25.3 Å². The molecule has 3 N–H and O–H groups in total. The number of ether oxygens (including phenoxy) is 2. The second-order valence-corrected chi connectivity index (χ2v) is 5.86. The topological polar surface area (TPSA) is 109 Å². The Kier molecular flexibility index (Phi) is 6.06. The number of methoxy groups -OCH3 is 1. The van der Waals surface area contributed by atoms with Gasteiger partial charge in [0, 0.05) is 23.8 Å². The second-order valence-electron chi connectivity index (χ2n) is 5.86. The van der Waals surface area contributed by atoms with Gasteiger partial charge in [-0.3, -0.25) is 4.79 Å². The zero-order valence-corrected chi connectivity index (χ0v) is 14.4. The lowest BCUT2D eigenvalue weighted by Gasteiger charge is -2.25. The van der Waals surface area contributed by atoms with Gasteiger partial charge in [0.05, 0.1) is 13.2 Å². The van der Waals surface area contributed by atoms with Gasteiger partial charge in [-0.15, -0.1) is 0 Å². The van der Waals surface area contributed by atoms with E-state index in [4.69, 9.17) is 10.1 Å². The summed E-state index contributed by atoms with van der Waals surface area (Å²) in [5.41, 5.74) is -2.68. The standard InChI is InChI=1S/C18H18F2N2O5/c1-3-18(25,8-14(21)10-4-11(19)6-12(20)5-10)17(24)22-13-7-15(27-9-13)16(23)26-2/h3-7,13,21,25H,1,8-9H2,2H3,(H,22,24)/t13-,18-/m1/s1. The molecule has 0 fully saturated rings. The first-order valence-electron chi connectivity index (χ1n) is 7.82. The Hall–Kier alpha value is -3.07. The van der Waals surface area contributed by atoms with Gasteiger partial charge in [-0.2, -0.15) is 0 Å². The van der Waals surface area contributed by atoms with Crippen LogP contribution in [0.2, 0.25) is 0 Å². The molecule has 9 heteroatoms. The molecule has 0 bridgehead atoms. The van der Waals surface area contributed by atoms with Crippen molar-refractivity contribution in [2.24, 2.45) is 0 Å². The van der Waals surface area contributed by atoms with Crippen molar-refractivity contribution >= 4 is 17.6 Å². The fourth-order valence-corrected chi connectivity index (χ4v) is 2.41. The molecule has 1 aliphatic rings. The molecule has 0 saturated carbocycles. The molecule has 2 rings (SSSR count). The van der Waals surface area contributed by atoms with Gasteiger partial charge in [0.2, 0.25) is 5.76 Å². The molecule has 0 aromatic heterocycles. The first-order valence-corrected chi connectivity index (χ1v) is 7.82. The minimum atomic E-state index is -2.21. The molecule has 1 heterocycles. The van der Waals surface area contributed by atoms with E-state index >= 15 is 0 Å².